The molecule has 2 aliphatic heterocycles. The van der Waals surface area contributed by atoms with E-state index in [1.165, 1.54) is 28.7 Å². The lowest BCUT2D eigenvalue weighted by atomic mass is 10.1. The number of ether oxygens (including phenoxy) is 2. The number of carbonyl (C=O) groups excluding carboxylic acids is 1. The van der Waals surface area contributed by atoms with E-state index in [4.69, 9.17) is 29.1 Å². The van der Waals surface area contributed by atoms with Crippen molar-refractivity contribution in [2.45, 2.75) is 26.9 Å². The maximum Gasteiger partial charge on any atom is 0.339 e. The minimum Gasteiger partial charge on any atom is -0.478 e. The minimum atomic E-state index is -1.02. The number of carbonyl (C=O) groups is 2. The number of aromatic nitrogens is 4. The number of oxazole rings is 2. The summed E-state index contributed by atoms with van der Waals surface area (Å²) in [5.41, 5.74) is 14.0. The van der Waals surface area contributed by atoms with Gasteiger partial charge < -0.3 is 29.1 Å². The van der Waals surface area contributed by atoms with Gasteiger partial charge in [-0.05, 0) is 61.4 Å². The lowest BCUT2D eigenvalue weighted by molar-refractivity contribution is 0.0336. The molecule has 0 saturated carbocycles. The second-order valence-electron chi connectivity index (χ2n) is 14.8. The third-order valence-electron chi connectivity index (χ3n) is 10.4. The summed E-state index contributed by atoms with van der Waals surface area (Å²) in [6, 6.07) is 25.9. The lowest BCUT2D eigenvalue weighted by Crippen LogP contribution is -2.35. The molecule has 4 aromatic carbocycles. The number of carboxylic acid groups (broad SMARTS) is 1. The molecule has 2 aliphatic rings. The highest BCUT2D eigenvalue weighted by molar-refractivity contribution is 7.14. The minimum absolute atomic E-state index is 0.129. The summed E-state index contributed by atoms with van der Waals surface area (Å²) in [7, 11) is 0. The molecule has 6 heterocycles. The summed E-state index contributed by atoms with van der Waals surface area (Å²) in [4.78, 5) is 46.5. The Kier molecular flexibility index (Phi) is 13.9. The van der Waals surface area contributed by atoms with Gasteiger partial charge >= 0.3 is 5.97 Å². The van der Waals surface area contributed by atoms with Gasteiger partial charge in [0, 0.05) is 61.2 Å². The number of morpholine rings is 2. The average molecular weight is 887 g/mol. The number of hydrogen-bond acceptors (Lipinski definition) is 15. The first kappa shape index (κ1) is 43.3. The van der Waals surface area contributed by atoms with Crippen LogP contribution in [-0.4, -0.2) is 99.3 Å². The van der Waals surface area contributed by atoms with Crippen molar-refractivity contribution in [2.24, 2.45) is 0 Å². The topological polar surface area (TPSA) is 195 Å². The Morgan fingerprint density at radius 3 is 1.65 bits per heavy atom. The fourth-order valence-electron chi connectivity index (χ4n) is 7.07. The molecule has 0 radical (unpaired) electrons. The second-order valence-corrected chi connectivity index (χ2v) is 16.6. The fraction of sp³-hybridized carbons (Fsp3) is 0.261. The van der Waals surface area contributed by atoms with Crippen LogP contribution < -0.4 is 11.1 Å². The third kappa shape index (κ3) is 10.8. The van der Waals surface area contributed by atoms with Crippen LogP contribution in [0.1, 0.15) is 43.2 Å². The largest absolute Gasteiger partial charge is 0.478 e. The van der Waals surface area contributed by atoms with Crippen molar-refractivity contribution >= 4 is 67.0 Å². The van der Waals surface area contributed by atoms with Crippen LogP contribution in [0.15, 0.2) is 105 Å². The van der Waals surface area contributed by atoms with E-state index in [9.17, 15) is 9.59 Å². The normalized spacial score (nSPS) is 14.4. The Balaban J connectivity index is 0.000000144. The molecular weight excluding hydrogens is 841 g/mol. The summed E-state index contributed by atoms with van der Waals surface area (Å²) in [5.74, 6) is -0.319. The molecule has 0 aliphatic carbocycles. The molecule has 2 saturated heterocycles. The van der Waals surface area contributed by atoms with E-state index in [1.807, 2.05) is 85.3 Å². The van der Waals surface area contributed by atoms with Gasteiger partial charge in [0.25, 0.3) is 5.91 Å². The summed E-state index contributed by atoms with van der Waals surface area (Å²) in [6.45, 7) is 12.6. The number of amides is 1. The van der Waals surface area contributed by atoms with Crippen molar-refractivity contribution < 1.29 is 33.0 Å². The van der Waals surface area contributed by atoms with E-state index in [-0.39, 0.29) is 11.5 Å². The van der Waals surface area contributed by atoms with Gasteiger partial charge in [-0.1, -0.05) is 48.5 Å². The SMILES string of the molecule is Cc1ccccc1-c1nc2cccc(C(=O)Nc3nc(CN4CCOCC4)cs3)c2o1.Cc1ccccc1-c1nc2cccc(C(=O)O)c2o1.Nc1nc(CN2CCOCC2)cs1. The number of thiazole rings is 2. The van der Waals surface area contributed by atoms with Crippen LogP contribution in [0, 0.1) is 13.8 Å². The van der Waals surface area contributed by atoms with Crippen molar-refractivity contribution in [3.05, 3.63) is 129 Å². The Morgan fingerprint density at radius 1 is 0.651 bits per heavy atom. The first-order valence-corrected chi connectivity index (χ1v) is 22.1. The maximum atomic E-state index is 13.0. The first-order chi connectivity index (χ1) is 30.7. The number of rotatable bonds is 9. The van der Waals surface area contributed by atoms with Crippen LogP contribution in [0.2, 0.25) is 0 Å². The molecule has 4 aromatic heterocycles. The Morgan fingerprint density at radius 2 is 1.14 bits per heavy atom. The molecule has 10 rings (SSSR count). The van der Waals surface area contributed by atoms with E-state index < -0.39 is 5.97 Å². The zero-order valence-electron chi connectivity index (χ0n) is 34.8. The van der Waals surface area contributed by atoms with Crippen LogP contribution in [0.4, 0.5) is 10.3 Å². The number of hydrogen-bond donors (Lipinski definition) is 3. The van der Waals surface area contributed by atoms with Gasteiger partial charge in [0.15, 0.2) is 21.4 Å². The van der Waals surface area contributed by atoms with E-state index in [0.29, 0.717) is 49.8 Å². The molecule has 8 aromatic rings. The molecule has 324 valence electrons. The van der Waals surface area contributed by atoms with E-state index in [1.54, 1.807) is 18.2 Å². The average Bonchev–Trinajstić information content (AvgIpc) is 4.12. The quantitative estimate of drug-likeness (QED) is 0.125. The standard InChI is InChI=1S/C23H22N4O3S.C15H11NO3.C8H13N3OS/c1-15-5-2-3-6-17(15)22-25-19-8-4-7-18(20(19)30-22)21(28)26-23-24-16(14-31-23)13-27-9-11-29-12-10-27;1-9-5-2-3-6-10(9)14-16-12-8-4-7-11(15(17)18)13(12)19-14;9-8-10-7(6-13-8)5-11-1-3-12-4-2-11/h2-8,14H,9-13H2,1H3,(H,24,26,28);2-8H,1H3,(H,17,18);6H,1-5H2,(H2,9,10). The fourth-order valence-corrected chi connectivity index (χ4v) is 8.33. The van der Waals surface area contributed by atoms with E-state index in [0.717, 1.165) is 99.3 Å². The van der Waals surface area contributed by atoms with Crippen molar-refractivity contribution in [1.29, 1.82) is 0 Å². The number of nitrogens with one attached hydrogen (secondary N) is 1. The zero-order chi connectivity index (χ0) is 43.7. The predicted molar refractivity (Wildman–Crippen MR) is 244 cm³/mol. The van der Waals surface area contributed by atoms with Gasteiger partial charge in [0.2, 0.25) is 11.8 Å². The summed E-state index contributed by atoms with van der Waals surface area (Å²) >= 11 is 2.93. The van der Waals surface area contributed by atoms with Crippen LogP contribution in [-0.2, 0) is 22.6 Å². The van der Waals surface area contributed by atoms with Crippen LogP contribution in [0.5, 0.6) is 0 Å². The number of nitrogens with zero attached hydrogens (tertiary/aromatic N) is 6. The number of anilines is 2. The summed E-state index contributed by atoms with van der Waals surface area (Å²) in [5, 5.41) is 17.3. The lowest BCUT2D eigenvalue weighted by Gasteiger charge is -2.25. The molecule has 0 unspecified atom stereocenters. The van der Waals surface area contributed by atoms with Crippen molar-refractivity contribution in [3.8, 4) is 22.9 Å². The highest BCUT2D eigenvalue weighted by atomic mass is 32.1. The number of nitrogens with two attached hydrogens (primary N) is 1. The number of para-hydroxylation sites is 2. The van der Waals surface area contributed by atoms with Gasteiger partial charge in [-0.25, -0.2) is 24.7 Å². The molecule has 0 atom stereocenters. The van der Waals surface area contributed by atoms with Crippen LogP contribution >= 0.6 is 22.7 Å². The molecular formula is C46H46N8O7S2. The molecule has 17 heteroatoms. The summed E-state index contributed by atoms with van der Waals surface area (Å²) < 4.78 is 22.3. The molecule has 0 bridgehead atoms. The van der Waals surface area contributed by atoms with Gasteiger partial charge in [-0.3, -0.25) is 19.9 Å². The third-order valence-corrected chi connectivity index (χ3v) is 11.9. The van der Waals surface area contributed by atoms with Crippen molar-refractivity contribution in [2.75, 3.05) is 63.7 Å². The maximum absolute atomic E-state index is 13.0. The molecule has 0 spiro atoms. The highest BCUT2D eigenvalue weighted by Crippen LogP contribution is 2.30. The number of benzene rings is 4. The Bertz CT molecular complexity index is 2820. The van der Waals surface area contributed by atoms with Gasteiger partial charge in [-0.2, -0.15) is 0 Å². The van der Waals surface area contributed by atoms with Crippen molar-refractivity contribution in [3.63, 3.8) is 0 Å². The zero-order valence-corrected chi connectivity index (χ0v) is 36.4. The smallest absolute Gasteiger partial charge is 0.339 e. The monoisotopic (exact) mass is 886 g/mol. The van der Waals surface area contributed by atoms with Crippen molar-refractivity contribution in [1.82, 2.24) is 29.7 Å². The second kappa shape index (κ2) is 20.2. The van der Waals surface area contributed by atoms with E-state index >= 15 is 0 Å². The van der Waals surface area contributed by atoms with Crippen LogP contribution in [0.25, 0.3) is 45.1 Å². The number of aryl methyl sites for hydroxylation is 2. The summed E-state index contributed by atoms with van der Waals surface area (Å²) in [6.07, 6.45) is 0. The van der Waals surface area contributed by atoms with Gasteiger partial charge in [0.1, 0.15) is 16.6 Å². The number of fused-ring (bicyclic) bond motifs is 2. The Hall–Kier alpha value is -6.34. The number of nitrogen functional groups attached to an aromatic ring is 1. The van der Waals surface area contributed by atoms with E-state index in [2.05, 4.69) is 35.1 Å². The number of carboxylic acids is 1. The predicted octanol–water partition coefficient (Wildman–Crippen LogP) is 8.40. The number of aromatic carboxylic acids is 1. The first-order valence-electron chi connectivity index (χ1n) is 20.4. The molecule has 2 fully saturated rings. The molecule has 1 amide bonds. The highest BCUT2D eigenvalue weighted by Gasteiger charge is 2.20. The van der Waals surface area contributed by atoms with Gasteiger partial charge in [0.05, 0.1) is 43.4 Å². The molecule has 63 heavy (non-hydrogen) atoms. The van der Waals surface area contributed by atoms with Gasteiger partial charge in [-0.15, -0.1) is 22.7 Å². The molecule has 4 N–H and O–H groups in total. The molecule has 15 nitrogen and oxygen atoms in total. The Labute approximate surface area is 371 Å². The van der Waals surface area contributed by atoms with Crippen LogP contribution in [0.3, 0.4) is 0 Å².